The quantitative estimate of drug-likeness (QED) is 0.271. The summed E-state index contributed by atoms with van der Waals surface area (Å²) < 4.78 is 5.49. The second-order valence-corrected chi connectivity index (χ2v) is 6.26. The number of guanidine groups is 2. The number of ether oxygens (including phenoxy) is 1. The van der Waals surface area contributed by atoms with Crippen molar-refractivity contribution in [2.45, 2.75) is 38.5 Å². The SMILES string of the molecule is C=Cc1cc(C(CCCN=C(N)N)CCCN=C(N)N)cc(C)c1OC. The molecule has 26 heavy (non-hydrogen) atoms. The molecule has 8 N–H and O–H groups in total. The summed E-state index contributed by atoms with van der Waals surface area (Å²) in [6, 6.07) is 4.32. The van der Waals surface area contributed by atoms with E-state index < -0.39 is 0 Å². The molecule has 0 amide bonds. The van der Waals surface area contributed by atoms with Gasteiger partial charge in [0.1, 0.15) is 5.75 Å². The highest BCUT2D eigenvalue weighted by molar-refractivity contribution is 5.75. The molecule has 1 aromatic carbocycles. The third-order valence-corrected chi connectivity index (χ3v) is 4.23. The number of benzene rings is 1. The van der Waals surface area contributed by atoms with Gasteiger partial charge < -0.3 is 27.7 Å². The van der Waals surface area contributed by atoms with Gasteiger partial charge in [0.05, 0.1) is 7.11 Å². The number of hydrogen-bond donors (Lipinski definition) is 4. The van der Waals surface area contributed by atoms with Crippen LogP contribution >= 0.6 is 0 Å². The predicted molar refractivity (Wildman–Crippen MR) is 110 cm³/mol. The van der Waals surface area contributed by atoms with Crippen molar-refractivity contribution < 1.29 is 4.74 Å². The minimum atomic E-state index is 0.128. The molecule has 0 aliphatic heterocycles. The molecule has 0 fully saturated rings. The van der Waals surface area contributed by atoms with Crippen molar-refractivity contribution in [1.82, 2.24) is 0 Å². The van der Waals surface area contributed by atoms with E-state index in [-0.39, 0.29) is 11.9 Å². The van der Waals surface area contributed by atoms with Gasteiger partial charge in [-0.1, -0.05) is 18.7 Å². The molecule has 7 heteroatoms. The highest BCUT2D eigenvalue weighted by Gasteiger charge is 2.15. The molecule has 0 bridgehead atoms. The van der Waals surface area contributed by atoms with Crippen LogP contribution < -0.4 is 27.7 Å². The van der Waals surface area contributed by atoms with Crippen molar-refractivity contribution in [3.05, 3.63) is 35.4 Å². The summed E-state index contributed by atoms with van der Waals surface area (Å²) in [7, 11) is 1.68. The molecule has 0 aliphatic rings. The first kappa shape index (κ1) is 21.3. The number of nitrogens with zero attached hydrogens (tertiary/aromatic N) is 2. The normalized spacial score (nSPS) is 10.4. The molecule has 0 radical (unpaired) electrons. The average molecular weight is 361 g/mol. The van der Waals surface area contributed by atoms with Crippen LogP contribution in [0.4, 0.5) is 0 Å². The molecule has 7 nitrogen and oxygen atoms in total. The van der Waals surface area contributed by atoms with E-state index in [2.05, 4.69) is 28.7 Å². The van der Waals surface area contributed by atoms with Crippen molar-refractivity contribution in [2.75, 3.05) is 20.2 Å². The van der Waals surface area contributed by atoms with Crippen LogP contribution in [0.2, 0.25) is 0 Å². The van der Waals surface area contributed by atoms with Gasteiger partial charge in [-0.2, -0.15) is 0 Å². The first-order valence-corrected chi connectivity index (χ1v) is 8.80. The lowest BCUT2D eigenvalue weighted by molar-refractivity contribution is 0.410. The Kier molecular flexibility index (Phi) is 9.05. The molecule has 144 valence electrons. The van der Waals surface area contributed by atoms with Gasteiger partial charge >= 0.3 is 0 Å². The monoisotopic (exact) mass is 360 g/mol. The van der Waals surface area contributed by atoms with Crippen LogP contribution in [0.5, 0.6) is 5.75 Å². The Labute approximate surface area is 156 Å². The van der Waals surface area contributed by atoms with E-state index in [0.29, 0.717) is 19.0 Å². The molecule has 0 saturated heterocycles. The highest BCUT2D eigenvalue weighted by Crippen LogP contribution is 2.33. The molecule has 0 unspecified atom stereocenters. The Morgan fingerprint density at radius 1 is 1.08 bits per heavy atom. The largest absolute Gasteiger partial charge is 0.496 e. The van der Waals surface area contributed by atoms with Crippen LogP contribution in [0.25, 0.3) is 6.08 Å². The Morgan fingerprint density at radius 3 is 2.04 bits per heavy atom. The molecule has 0 aliphatic carbocycles. The van der Waals surface area contributed by atoms with Crippen molar-refractivity contribution >= 4 is 18.0 Å². The summed E-state index contributed by atoms with van der Waals surface area (Å²) in [5, 5.41) is 0. The van der Waals surface area contributed by atoms with Gasteiger partial charge in [0, 0.05) is 18.7 Å². The van der Waals surface area contributed by atoms with Crippen molar-refractivity contribution in [3.8, 4) is 5.75 Å². The molecule has 0 heterocycles. The third kappa shape index (κ3) is 7.04. The minimum Gasteiger partial charge on any atom is -0.496 e. The predicted octanol–water partition coefficient (Wildman–Crippen LogP) is 1.84. The van der Waals surface area contributed by atoms with Gasteiger partial charge in [0.15, 0.2) is 11.9 Å². The van der Waals surface area contributed by atoms with Gasteiger partial charge in [-0.25, -0.2) is 0 Å². The lowest BCUT2D eigenvalue weighted by Crippen LogP contribution is -2.23. The van der Waals surface area contributed by atoms with Gasteiger partial charge in [-0.05, 0) is 55.7 Å². The van der Waals surface area contributed by atoms with Crippen molar-refractivity contribution in [2.24, 2.45) is 32.9 Å². The molecule has 0 atom stereocenters. The topological polar surface area (TPSA) is 138 Å². The van der Waals surface area contributed by atoms with E-state index in [1.54, 1.807) is 7.11 Å². The second kappa shape index (κ2) is 11.0. The van der Waals surface area contributed by atoms with E-state index in [1.807, 2.05) is 13.0 Å². The fourth-order valence-corrected chi connectivity index (χ4v) is 3.07. The average Bonchev–Trinajstić information content (AvgIpc) is 2.59. The summed E-state index contributed by atoms with van der Waals surface area (Å²) in [4.78, 5) is 8.14. The van der Waals surface area contributed by atoms with E-state index >= 15 is 0 Å². The number of aryl methyl sites for hydroxylation is 1. The van der Waals surface area contributed by atoms with E-state index in [9.17, 15) is 0 Å². The summed E-state index contributed by atoms with van der Waals surface area (Å²) in [5.74, 6) is 1.48. The molecular formula is C19H32N6O. The van der Waals surface area contributed by atoms with Crippen LogP contribution in [0.15, 0.2) is 28.7 Å². The van der Waals surface area contributed by atoms with Gasteiger partial charge in [0.25, 0.3) is 0 Å². The van der Waals surface area contributed by atoms with E-state index in [0.717, 1.165) is 42.6 Å². The summed E-state index contributed by atoms with van der Waals surface area (Å²) in [6.07, 6.45) is 5.58. The van der Waals surface area contributed by atoms with Gasteiger partial charge in [-0.15, -0.1) is 0 Å². The maximum Gasteiger partial charge on any atom is 0.185 e. The zero-order valence-corrected chi connectivity index (χ0v) is 15.9. The lowest BCUT2D eigenvalue weighted by Gasteiger charge is -2.20. The van der Waals surface area contributed by atoms with Crippen LogP contribution in [0.1, 0.15) is 48.3 Å². The number of rotatable bonds is 11. The van der Waals surface area contributed by atoms with Gasteiger partial charge in [-0.3, -0.25) is 9.98 Å². The Balaban J connectivity index is 2.94. The molecule has 0 spiro atoms. The number of nitrogens with two attached hydrogens (primary N) is 4. The highest BCUT2D eigenvalue weighted by atomic mass is 16.5. The molecule has 0 saturated carbocycles. The number of aliphatic imine (C=N–C) groups is 2. The maximum atomic E-state index is 5.49. The first-order valence-electron chi connectivity index (χ1n) is 8.80. The van der Waals surface area contributed by atoms with Crippen LogP contribution in [0, 0.1) is 6.92 Å². The van der Waals surface area contributed by atoms with Crippen molar-refractivity contribution in [1.29, 1.82) is 0 Å². The molecule has 1 aromatic rings. The Bertz CT molecular complexity index is 622. The van der Waals surface area contributed by atoms with Crippen LogP contribution in [0.3, 0.4) is 0 Å². The Morgan fingerprint density at radius 2 is 1.62 bits per heavy atom. The summed E-state index contributed by atoms with van der Waals surface area (Å²) in [6.45, 7) is 7.19. The molecule has 1 rings (SSSR count). The maximum absolute atomic E-state index is 5.49. The zero-order chi connectivity index (χ0) is 19.5. The standard InChI is InChI=1S/C19H32N6O/c1-4-14-12-16(11-13(2)17(14)26-3)15(7-5-9-24-18(20)21)8-6-10-25-19(22)23/h4,11-12,15H,1,5-10H2,2-3H3,(H4,20,21,24)(H4,22,23,25). The third-order valence-electron chi connectivity index (χ3n) is 4.23. The van der Waals surface area contributed by atoms with Crippen LogP contribution in [-0.2, 0) is 0 Å². The molecule has 0 aromatic heterocycles. The smallest absolute Gasteiger partial charge is 0.185 e. The summed E-state index contributed by atoms with van der Waals surface area (Å²) in [5.41, 5.74) is 25.0. The number of hydrogen-bond acceptors (Lipinski definition) is 3. The summed E-state index contributed by atoms with van der Waals surface area (Å²) >= 11 is 0. The zero-order valence-electron chi connectivity index (χ0n) is 15.9. The second-order valence-electron chi connectivity index (χ2n) is 6.26. The Hall–Kier alpha value is -2.70. The minimum absolute atomic E-state index is 0.128. The number of methoxy groups -OCH3 is 1. The lowest BCUT2D eigenvalue weighted by atomic mass is 9.87. The van der Waals surface area contributed by atoms with Crippen molar-refractivity contribution in [3.63, 3.8) is 0 Å². The molecular weight excluding hydrogens is 328 g/mol. The van der Waals surface area contributed by atoms with E-state index in [4.69, 9.17) is 27.7 Å². The van der Waals surface area contributed by atoms with E-state index in [1.165, 1.54) is 5.56 Å². The first-order chi connectivity index (χ1) is 12.4. The fourth-order valence-electron chi connectivity index (χ4n) is 3.07. The van der Waals surface area contributed by atoms with Crippen LogP contribution in [-0.4, -0.2) is 32.1 Å². The van der Waals surface area contributed by atoms with Gasteiger partial charge in [0.2, 0.25) is 0 Å². The fraction of sp³-hybridized carbons (Fsp3) is 0.474.